The molecule has 1 aromatic heterocycles. The lowest BCUT2D eigenvalue weighted by Crippen LogP contribution is -2.15. The Hall–Kier alpha value is -1.85. The molecule has 15 heavy (non-hydrogen) atoms. The maximum atomic E-state index is 11.4. The largest absolute Gasteiger partial charge is 0.382 e. The van der Waals surface area contributed by atoms with Crippen LogP contribution < -0.4 is 16.8 Å². The summed E-state index contributed by atoms with van der Waals surface area (Å²) in [4.78, 5) is 18.9. The molecule has 0 unspecified atom stereocenters. The van der Waals surface area contributed by atoms with Crippen molar-refractivity contribution in [1.29, 1.82) is 0 Å². The van der Waals surface area contributed by atoms with Crippen LogP contribution in [-0.4, -0.2) is 15.9 Å². The smallest absolute Gasteiger partial charge is 0.224 e. The lowest BCUT2D eigenvalue weighted by atomic mass is 10.2. The fraction of sp³-hybridized carbons (Fsp3) is 0.444. The number of nitrogens with zero attached hydrogens (tertiary/aromatic N) is 2. The highest BCUT2D eigenvalue weighted by molar-refractivity contribution is 5.96. The van der Waals surface area contributed by atoms with Gasteiger partial charge in [-0.1, -0.05) is 13.3 Å². The van der Waals surface area contributed by atoms with Crippen LogP contribution in [0.2, 0.25) is 0 Å². The normalized spacial score (nSPS) is 9.93. The number of nitrogens with one attached hydrogen (secondary N) is 1. The lowest BCUT2D eigenvalue weighted by Gasteiger charge is -2.08. The van der Waals surface area contributed by atoms with Crippen LogP contribution in [0.1, 0.15) is 26.2 Å². The number of hydrogen-bond acceptors (Lipinski definition) is 5. The van der Waals surface area contributed by atoms with Crippen molar-refractivity contribution in [3.05, 3.63) is 6.33 Å². The molecule has 0 aromatic carbocycles. The second-order valence-corrected chi connectivity index (χ2v) is 3.17. The Morgan fingerprint density at radius 1 is 1.40 bits per heavy atom. The fourth-order valence-electron chi connectivity index (χ4n) is 1.08. The molecule has 0 aliphatic carbocycles. The zero-order chi connectivity index (χ0) is 11.3. The van der Waals surface area contributed by atoms with Crippen LogP contribution >= 0.6 is 0 Å². The molecule has 6 nitrogen and oxygen atoms in total. The monoisotopic (exact) mass is 209 g/mol. The Balaban J connectivity index is 2.68. The molecule has 0 spiro atoms. The number of amides is 1. The molecule has 82 valence electrons. The zero-order valence-electron chi connectivity index (χ0n) is 8.66. The van der Waals surface area contributed by atoms with Crippen LogP contribution in [0.4, 0.5) is 17.3 Å². The first-order valence-corrected chi connectivity index (χ1v) is 4.81. The van der Waals surface area contributed by atoms with E-state index in [4.69, 9.17) is 11.5 Å². The highest BCUT2D eigenvalue weighted by atomic mass is 16.1. The Bertz CT molecular complexity index is 332. The number of nitrogens with two attached hydrogens (primary N) is 2. The lowest BCUT2D eigenvalue weighted by molar-refractivity contribution is -0.116. The summed E-state index contributed by atoms with van der Waals surface area (Å²) in [5, 5.41) is 2.60. The van der Waals surface area contributed by atoms with Gasteiger partial charge >= 0.3 is 0 Å². The molecule has 0 saturated carbocycles. The Morgan fingerprint density at radius 3 is 2.53 bits per heavy atom. The zero-order valence-corrected chi connectivity index (χ0v) is 8.66. The number of carbonyl (C=O) groups is 1. The van der Waals surface area contributed by atoms with Crippen LogP contribution in [-0.2, 0) is 4.79 Å². The van der Waals surface area contributed by atoms with Crippen molar-refractivity contribution in [3.8, 4) is 0 Å². The molecule has 1 aromatic rings. The minimum Gasteiger partial charge on any atom is -0.382 e. The number of hydrogen-bond donors (Lipinski definition) is 3. The molecule has 1 amide bonds. The van der Waals surface area contributed by atoms with E-state index < -0.39 is 0 Å². The second-order valence-electron chi connectivity index (χ2n) is 3.17. The SMILES string of the molecule is CCCCC(=O)Nc1c(N)ncnc1N. The first-order valence-electron chi connectivity index (χ1n) is 4.81. The van der Waals surface area contributed by atoms with Gasteiger partial charge in [0.15, 0.2) is 11.6 Å². The molecule has 0 atom stereocenters. The van der Waals surface area contributed by atoms with Crippen molar-refractivity contribution >= 4 is 23.2 Å². The van der Waals surface area contributed by atoms with E-state index in [9.17, 15) is 4.79 Å². The molecular weight excluding hydrogens is 194 g/mol. The Kier molecular flexibility index (Phi) is 3.84. The van der Waals surface area contributed by atoms with E-state index in [-0.39, 0.29) is 17.5 Å². The second kappa shape index (κ2) is 5.14. The van der Waals surface area contributed by atoms with Gasteiger partial charge in [-0.15, -0.1) is 0 Å². The van der Waals surface area contributed by atoms with Crippen molar-refractivity contribution in [2.75, 3.05) is 16.8 Å². The fourth-order valence-corrected chi connectivity index (χ4v) is 1.08. The number of nitrogen functional groups attached to an aromatic ring is 2. The third-order valence-corrected chi connectivity index (χ3v) is 1.93. The first kappa shape index (κ1) is 11.2. The molecule has 5 N–H and O–H groups in total. The number of aromatic nitrogens is 2. The van der Waals surface area contributed by atoms with Gasteiger partial charge in [-0.25, -0.2) is 9.97 Å². The van der Waals surface area contributed by atoms with E-state index >= 15 is 0 Å². The van der Waals surface area contributed by atoms with E-state index in [2.05, 4.69) is 15.3 Å². The van der Waals surface area contributed by atoms with Crippen LogP contribution in [0, 0.1) is 0 Å². The minimum atomic E-state index is -0.120. The molecule has 1 heterocycles. The van der Waals surface area contributed by atoms with Gasteiger partial charge in [-0.2, -0.15) is 0 Å². The molecule has 0 radical (unpaired) electrons. The summed E-state index contributed by atoms with van der Waals surface area (Å²) in [6.45, 7) is 2.02. The minimum absolute atomic E-state index is 0.120. The van der Waals surface area contributed by atoms with Crippen LogP contribution in [0.15, 0.2) is 6.33 Å². The number of rotatable bonds is 4. The third kappa shape index (κ3) is 3.08. The summed E-state index contributed by atoms with van der Waals surface area (Å²) in [5.41, 5.74) is 11.4. The molecule has 1 rings (SSSR count). The summed E-state index contributed by atoms with van der Waals surface area (Å²) >= 11 is 0. The van der Waals surface area contributed by atoms with E-state index in [1.54, 1.807) is 0 Å². The predicted octanol–water partition coefficient (Wildman–Crippen LogP) is 0.770. The Morgan fingerprint density at radius 2 is 2.00 bits per heavy atom. The quantitative estimate of drug-likeness (QED) is 0.679. The van der Waals surface area contributed by atoms with Crippen molar-refractivity contribution in [3.63, 3.8) is 0 Å². The molecule has 0 fully saturated rings. The van der Waals surface area contributed by atoms with E-state index in [0.717, 1.165) is 12.8 Å². The average Bonchev–Trinajstić information content (AvgIpc) is 2.21. The molecule has 6 heteroatoms. The Labute approximate surface area is 88.1 Å². The standard InChI is InChI=1S/C9H15N5O/c1-2-3-4-6(15)14-7-8(10)12-5-13-9(7)11/h5H,2-4H2,1H3,(H,14,15)(H4,10,11,12,13). The van der Waals surface area contributed by atoms with Crippen LogP contribution in [0.3, 0.4) is 0 Å². The first-order chi connectivity index (χ1) is 7.15. The van der Waals surface area contributed by atoms with Crippen molar-refractivity contribution in [2.45, 2.75) is 26.2 Å². The van der Waals surface area contributed by atoms with E-state index in [0.29, 0.717) is 12.1 Å². The van der Waals surface area contributed by atoms with Gasteiger partial charge in [0, 0.05) is 6.42 Å². The number of carbonyl (C=O) groups excluding carboxylic acids is 1. The van der Waals surface area contributed by atoms with Gasteiger partial charge in [0.1, 0.15) is 12.0 Å². The van der Waals surface area contributed by atoms with E-state index in [1.165, 1.54) is 6.33 Å². The molecule has 0 aliphatic heterocycles. The van der Waals surface area contributed by atoms with Crippen molar-refractivity contribution in [1.82, 2.24) is 9.97 Å². The predicted molar refractivity (Wildman–Crippen MR) is 59.0 cm³/mol. The summed E-state index contributed by atoms with van der Waals surface area (Å²) in [6.07, 6.45) is 3.50. The number of unbranched alkanes of at least 4 members (excludes halogenated alkanes) is 1. The summed E-state index contributed by atoms with van der Waals surface area (Å²) < 4.78 is 0. The summed E-state index contributed by atoms with van der Waals surface area (Å²) in [6, 6.07) is 0. The van der Waals surface area contributed by atoms with E-state index in [1.807, 2.05) is 6.92 Å². The molecular formula is C9H15N5O. The molecule has 0 aliphatic rings. The summed E-state index contributed by atoms with van der Waals surface area (Å²) in [5.74, 6) is 0.254. The van der Waals surface area contributed by atoms with Gasteiger partial charge < -0.3 is 16.8 Å². The highest BCUT2D eigenvalue weighted by Crippen LogP contribution is 2.20. The van der Waals surface area contributed by atoms with Gasteiger partial charge in [0.25, 0.3) is 0 Å². The van der Waals surface area contributed by atoms with Crippen molar-refractivity contribution < 1.29 is 4.79 Å². The maximum Gasteiger partial charge on any atom is 0.224 e. The molecule has 0 bridgehead atoms. The van der Waals surface area contributed by atoms with Gasteiger partial charge in [-0.05, 0) is 6.42 Å². The topological polar surface area (TPSA) is 107 Å². The highest BCUT2D eigenvalue weighted by Gasteiger charge is 2.09. The average molecular weight is 209 g/mol. The third-order valence-electron chi connectivity index (χ3n) is 1.93. The van der Waals surface area contributed by atoms with Gasteiger partial charge in [0.05, 0.1) is 0 Å². The van der Waals surface area contributed by atoms with Gasteiger partial charge in [0.2, 0.25) is 5.91 Å². The van der Waals surface area contributed by atoms with Crippen LogP contribution in [0.25, 0.3) is 0 Å². The van der Waals surface area contributed by atoms with Gasteiger partial charge in [-0.3, -0.25) is 4.79 Å². The maximum absolute atomic E-state index is 11.4. The van der Waals surface area contributed by atoms with Crippen LogP contribution in [0.5, 0.6) is 0 Å². The summed E-state index contributed by atoms with van der Waals surface area (Å²) in [7, 11) is 0. The molecule has 0 saturated heterocycles. The van der Waals surface area contributed by atoms with Crippen molar-refractivity contribution in [2.24, 2.45) is 0 Å². The number of anilines is 3.